The Balaban J connectivity index is 1.74. The Labute approximate surface area is 129 Å². The molecule has 0 aromatic heterocycles. The Hall–Kier alpha value is -1.06. The molecule has 4 heteroatoms. The zero-order valence-corrected chi connectivity index (χ0v) is 13.3. The SMILES string of the molecule is CC1(C)[C@@H]2C[C@H]1[C@@](C)(O)C1=NOC(c3ccc(Cl)cc3)C12. The van der Waals surface area contributed by atoms with Crippen molar-refractivity contribution >= 4 is 17.3 Å². The largest absolute Gasteiger partial charge is 0.387 e. The number of nitrogens with zero attached hydrogens (tertiary/aromatic N) is 1. The van der Waals surface area contributed by atoms with Crippen LogP contribution in [-0.4, -0.2) is 16.4 Å². The van der Waals surface area contributed by atoms with Crippen molar-refractivity contribution in [3.63, 3.8) is 0 Å². The maximum absolute atomic E-state index is 11.0. The second-order valence-corrected chi connectivity index (χ2v) is 7.88. The molecule has 1 aliphatic heterocycles. The van der Waals surface area contributed by atoms with Crippen molar-refractivity contribution in [3.8, 4) is 0 Å². The van der Waals surface area contributed by atoms with Gasteiger partial charge in [-0.3, -0.25) is 0 Å². The summed E-state index contributed by atoms with van der Waals surface area (Å²) >= 11 is 5.97. The molecule has 3 nitrogen and oxygen atoms in total. The number of rotatable bonds is 1. The molecule has 21 heavy (non-hydrogen) atoms. The summed E-state index contributed by atoms with van der Waals surface area (Å²) in [6.07, 6.45) is 0.950. The fourth-order valence-corrected chi connectivity index (χ4v) is 4.96. The number of hydrogen-bond donors (Lipinski definition) is 1. The summed E-state index contributed by atoms with van der Waals surface area (Å²) in [5.74, 6) is 0.961. The maximum Gasteiger partial charge on any atom is 0.161 e. The standard InChI is InChI=1S/C17H20ClNO2/c1-16(2)11-8-12(16)17(3,20)15-13(11)14(21-19-15)9-4-6-10(18)7-5-9/h4-7,11-14,20H,8H2,1-3H3/t11-,12-,13?,14?,17-/m1/s1. The van der Waals surface area contributed by atoms with E-state index in [0.717, 1.165) is 22.7 Å². The van der Waals surface area contributed by atoms with Crippen LogP contribution in [0.3, 0.4) is 0 Å². The summed E-state index contributed by atoms with van der Waals surface area (Å²) < 4.78 is 0. The van der Waals surface area contributed by atoms with E-state index in [2.05, 4.69) is 19.0 Å². The summed E-state index contributed by atoms with van der Waals surface area (Å²) in [6.45, 7) is 6.41. The topological polar surface area (TPSA) is 41.8 Å². The van der Waals surface area contributed by atoms with E-state index in [1.54, 1.807) is 0 Å². The zero-order chi connectivity index (χ0) is 15.0. The second-order valence-electron chi connectivity index (χ2n) is 7.44. The maximum atomic E-state index is 11.0. The molecule has 3 aliphatic carbocycles. The molecule has 0 amide bonds. The first-order chi connectivity index (χ1) is 9.83. The Bertz CT molecular complexity index is 620. The van der Waals surface area contributed by atoms with Crippen LogP contribution in [0.15, 0.2) is 29.4 Å². The Morgan fingerprint density at radius 2 is 1.90 bits per heavy atom. The lowest BCUT2D eigenvalue weighted by molar-refractivity contribution is -0.162. The second kappa shape index (κ2) is 4.02. The molecular weight excluding hydrogens is 286 g/mol. The molecule has 1 aromatic carbocycles. The first-order valence-corrected chi connectivity index (χ1v) is 7.93. The van der Waals surface area contributed by atoms with Crippen molar-refractivity contribution in [2.75, 3.05) is 0 Å². The van der Waals surface area contributed by atoms with E-state index >= 15 is 0 Å². The van der Waals surface area contributed by atoms with Gasteiger partial charge in [-0.2, -0.15) is 0 Å². The van der Waals surface area contributed by atoms with E-state index in [0.29, 0.717) is 5.92 Å². The van der Waals surface area contributed by atoms with Crippen molar-refractivity contribution in [2.45, 2.75) is 38.9 Å². The van der Waals surface area contributed by atoms with Gasteiger partial charge in [-0.1, -0.05) is 42.7 Å². The molecule has 3 fully saturated rings. The molecule has 1 heterocycles. The molecule has 4 aliphatic rings. The molecule has 2 unspecified atom stereocenters. The first-order valence-electron chi connectivity index (χ1n) is 7.55. The summed E-state index contributed by atoms with van der Waals surface area (Å²) in [5.41, 5.74) is 1.19. The van der Waals surface area contributed by atoms with Crippen LogP contribution < -0.4 is 0 Å². The predicted octanol–water partition coefficient (Wildman–Crippen LogP) is 3.81. The Morgan fingerprint density at radius 3 is 2.52 bits per heavy atom. The molecule has 1 N–H and O–H groups in total. The van der Waals surface area contributed by atoms with Gasteiger partial charge in [0.1, 0.15) is 5.60 Å². The van der Waals surface area contributed by atoms with E-state index in [1.165, 1.54) is 0 Å². The molecule has 5 rings (SSSR count). The minimum atomic E-state index is -0.857. The molecule has 3 saturated carbocycles. The normalized spacial score (nSPS) is 42.6. The smallest absolute Gasteiger partial charge is 0.161 e. The van der Waals surface area contributed by atoms with Gasteiger partial charge < -0.3 is 9.94 Å². The highest BCUT2D eigenvalue weighted by Crippen LogP contribution is 2.67. The van der Waals surface area contributed by atoms with Crippen molar-refractivity contribution in [2.24, 2.45) is 28.3 Å². The van der Waals surface area contributed by atoms with E-state index in [1.807, 2.05) is 31.2 Å². The van der Waals surface area contributed by atoms with Crippen LogP contribution in [0.1, 0.15) is 38.9 Å². The average Bonchev–Trinajstić information content (AvgIpc) is 2.84. The molecule has 112 valence electrons. The minimum absolute atomic E-state index is 0.103. The van der Waals surface area contributed by atoms with Crippen molar-refractivity contribution < 1.29 is 9.94 Å². The van der Waals surface area contributed by atoms with E-state index < -0.39 is 5.60 Å². The van der Waals surface area contributed by atoms with Gasteiger partial charge in [0.25, 0.3) is 0 Å². The zero-order valence-electron chi connectivity index (χ0n) is 12.5. The van der Waals surface area contributed by atoms with Gasteiger partial charge in [-0.05, 0) is 48.3 Å². The highest BCUT2D eigenvalue weighted by atomic mass is 35.5. The van der Waals surface area contributed by atoms with Crippen molar-refractivity contribution in [1.29, 1.82) is 0 Å². The number of hydrogen-bond acceptors (Lipinski definition) is 3. The molecule has 1 aromatic rings. The average molecular weight is 306 g/mol. The minimum Gasteiger partial charge on any atom is -0.387 e. The molecule has 2 bridgehead atoms. The summed E-state index contributed by atoms with van der Waals surface area (Å²) in [7, 11) is 0. The van der Waals surface area contributed by atoms with Crippen LogP contribution in [0.2, 0.25) is 5.02 Å². The van der Waals surface area contributed by atoms with Gasteiger partial charge >= 0.3 is 0 Å². The lowest BCUT2D eigenvalue weighted by Gasteiger charge is -2.64. The Morgan fingerprint density at radius 1 is 1.24 bits per heavy atom. The highest BCUT2D eigenvalue weighted by Gasteiger charge is 2.69. The van der Waals surface area contributed by atoms with E-state index in [9.17, 15) is 5.11 Å². The fraction of sp³-hybridized carbons (Fsp3) is 0.588. The quantitative estimate of drug-likeness (QED) is 0.857. The molecule has 5 atom stereocenters. The predicted molar refractivity (Wildman–Crippen MR) is 82.2 cm³/mol. The third-order valence-electron chi connectivity index (χ3n) is 6.08. The van der Waals surface area contributed by atoms with E-state index in [4.69, 9.17) is 16.4 Å². The molecule has 0 saturated heterocycles. The van der Waals surface area contributed by atoms with Gasteiger partial charge in [-0.15, -0.1) is 0 Å². The monoisotopic (exact) mass is 305 g/mol. The fourth-order valence-electron chi connectivity index (χ4n) is 4.84. The van der Waals surface area contributed by atoms with Gasteiger partial charge in [-0.25, -0.2) is 0 Å². The van der Waals surface area contributed by atoms with Crippen LogP contribution in [0.25, 0.3) is 0 Å². The lowest BCUT2D eigenvalue weighted by Crippen LogP contribution is -2.68. The van der Waals surface area contributed by atoms with Crippen LogP contribution in [-0.2, 0) is 4.84 Å². The van der Waals surface area contributed by atoms with Gasteiger partial charge in [0.2, 0.25) is 0 Å². The molecule has 0 spiro atoms. The van der Waals surface area contributed by atoms with Crippen molar-refractivity contribution in [3.05, 3.63) is 34.9 Å². The third-order valence-corrected chi connectivity index (χ3v) is 6.33. The number of oxime groups is 1. The third kappa shape index (κ3) is 1.62. The summed E-state index contributed by atoms with van der Waals surface area (Å²) in [5, 5.41) is 16.0. The first kappa shape index (κ1) is 13.6. The van der Waals surface area contributed by atoms with Crippen LogP contribution in [0, 0.1) is 23.2 Å². The number of aliphatic hydroxyl groups is 1. The van der Waals surface area contributed by atoms with E-state index in [-0.39, 0.29) is 23.4 Å². The molecule has 0 radical (unpaired) electrons. The number of halogens is 1. The summed E-state index contributed by atoms with van der Waals surface area (Å²) in [6, 6.07) is 7.76. The highest BCUT2D eigenvalue weighted by molar-refractivity contribution is 6.30. The van der Waals surface area contributed by atoms with Gasteiger partial charge in [0.05, 0.1) is 11.6 Å². The van der Waals surface area contributed by atoms with Crippen LogP contribution in [0.4, 0.5) is 0 Å². The molecular formula is C17H20ClNO2. The van der Waals surface area contributed by atoms with Crippen molar-refractivity contribution in [1.82, 2.24) is 0 Å². The van der Waals surface area contributed by atoms with Gasteiger partial charge in [0, 0.05) is 5.02 Å². The van der Waals surface area contributed by atoms with Gasteiger partial charge in [0.15, 0.2) is 6.10 Å². The number of benzene rings is 1. The summed E-state index contributed by atoms with van der Waals surface area (Å²) in [4.78, 5) is 5.74. The Kier molecular flexibility index (Phi) is 2.60. The van der Waals surface area contributed by atoms with Crippen LogP contribution >= 0.6 is 11.6 Å². The lowest BCUT2D eigenvalue weighted by atomic mass is 9.40. The van der Waals surface area contributed by atoms with Crippen LogP contribution in [0.5, 0.6) is 0 Å².